The second-order valence-electron chi connectivity index (χ2n) is 5.85. The molecule has 0 radical (unpaired) electrons. The fourth-order valence-electron chi connectivity index (χ4n) is 2.21. The van der Waals surface area contributed by atoms with Crippen LogP contribution in [0.3, 0.4) is 0 Å². The topological polar surface area (TPSA) is 55.8 Å². The minimum Gasteiger partial charge on any atom is -0.489 e. The lowest BCUT2D eigenvalue weighted by Crippen LogP contribution is -2.25. The zero-order chi connectivity index (χ0) is 21.0. The molecule has 0 aliphatic rings. The highest BCUT2D eigenvalue weighted by Crippen LogP contribution is 2.45. The summed E-state index contributed by atoms with van der Waals surface area (Å²) in [5, 5.41) is 10.1. The summed E-state index contributed by atoms with van der Waals surface area (Å²) in [5.74, 6) is 0.00415. The van der Waals surface area contributed by atoms with Crippen LogP contribution in [0.1, 0.15) is 6.92 Å². The molecular formula is C19H15Br5O4. The maximum absolute atomic E-state index is 11.5. The lowest BCUT2D eigenvalue weighted by atomic mass is 10.0. The van der Waals surface area contributed by atoms with Crippen molar-refractivity contribution in [3.8, 4) is 16.9 Å². The maximum atomic E-state index is 11.5. The Balaban J connectivity index is 2.29. The third kappa shape index (κ3) is 6.40. The highest BCUT2D eigenvalue weighted by molar-refractivity contribution is 9.12. The lowest BCUT2D eigenvalue weighted by molar-refractivity contribution is -0.142. The number of ether oxygens (including phenoxy) is 2. The summed E-state index contributed by atoms with van der Waals surface area (Å²) in [5.41, 5.74) is 1.97. The van der Waals surface area contributed by atoms with Crippen LogP contribution < -0.4 is 4.74 Å². The van der Waals surface area contributed by atoms with Crippen molar-refractivity contribution >= 4 is 85.6 Å². The van der Waals surface area contributed by atoms with E-state index in [2.05, 4.69) is 86.2 Å². The molecule has 1 N–H and O–H groups in total. The molecule has 0 saturated carbocycles. The summed E-state index contributed by atoms with van der Waals surface area (Å²) in [4.78, 5) is 11.5. The molecule has 0 bridgehead atoms. The maximum Gasteiger partial charge on any atom is 0.333 e. The van der Waals surface area contributed by atoms with Gasteiger partial charge in [0.1, 0.15) is 25.1 Å². The van der Waals surface area contributed by atoms with Crippen molar-refractivity contribution in [2.24, 2.45) is 0 Å². The summed E-state index contributed by atoms with van der Waals surface area (Å²) in [7, 11) is 0. The third-order valence-corrected chi connectivity index (χ3v) is 6.22. The number of esters is 1. The van der Waals surface area contributed by atoms with Crippen molar-refractivity contribution in [2.75, 3.05) is 13.2 Å². The van der Waals surface area contributed by atoms with Crippen LogP contribution in [-0.2, 0) is 9.53 Å². The Kier molecular flexibility index (Phi) is 9.22. The van der Waals surface area contributed by atoms with Crippen molar-refractivity contribution < 1.29 is 19.4 Å². The molecule has 0 aliphatic heterocycles. The third-order valence-electron chi connectivity index (χ3n) is 3.46. The van der Waals surface area contributed by atoms with Gasteiger partial charge < -0.3 is 14.6 Å². The molecule has 9 heteroatoms. The van der Waals surface area contributed by atoms with E-state index in [4.69, 9.17) is 9.47 Å². The number of halogens is 5. The number of hydrogen-bond donors (Lipinski definition) is 1. The van der Waals surface area contributed by atoms with Gasteiger partial charge in [-0.3, -0.25) is 0 Å². The molecule has 4 nitrogen and oxygen atoms in total. The van der Waals surface area contributed by atoms with Crippen LogP contribution in [0.4, 0.5) is 0 Å². The Hall–Kier alpha value is -0.190. The van der Waals surface area contributed by atoms with Crippen molar-refractivity contribution in [2.45, 2.75) is 13.0 Å². The van der Waals surface area contributed by atoms with Crippen LogP contribution in [0.25, 0.3) is 11.1 Å². The van der Waals surface area contributed by atoms with Crippen LogP contribution >= 0.6 is 79.6 Å². The largest absolute Gasteiger partial charge is 0.489 e. The van der Waals surface area contributed by atoms with E-state index in [1.54, 1.807) is 6.92 Å². The van der Waals surface area contributed by atoms with Crippen LogP contribution in [0.5, 0.6) is 5.75 Å². The molecule has 1 atom stereocenters. The summed E-state index contributed by atoms with van der Waals surface area (Å²) in [6.45, 7) is 4.82. The van der Waals surface area contributed by atoms with E-state index >= 15 is 0 Å². The van der Waals surface area contributed by atoms with Crippen molar-refractivity contribution in [3.63, 3.8) is 0 Å². The molecule has 0 spiro atoms. The highest BCUT2D eigenvalue weighted by Gasteiger charge is 2.19. The minimum atomic E-state index is -0.983. The molecular weight excluding hydrogens is 692 g/mol. The predicted octanol–water partition coefficient (Wildman–Crippen LogP) is 7.03. The molecule has 0 amide bonds. The molecule has 0 heterocycles. The monoisotopic (exact) mass is 702 g/mol. The standard InChI is InChI=1S/C19H15Br5O4/c1-9(2)19(26)28-8-12(25)7-27-18-13(3-10(20)6-16(18)24)17-14(22)4-11(21)5-15(17)23/h3-6,12,25H,1,7-8H2,2H3. The predicted molar refractivity (Wildman–Crippen MR) is 128 cm³/mol. The van der Waals surface area contributed by atoms with Crippen LogP contribution in [0.15, 0.2) is 58.8 Å². The lowest BCUT2D eigenvalue weighted by Gasteiger charge is -2.19. The SMILES string of the molecule is C=C(C)C(=O)OCC(O)COc1c(Br)cc(Br)cc1-c1c(Br)cc(Br)cc1Br. The molecule has 2 aromatic rings. The molecule has 150 valence electrons. The summed E-state index contributed by atoms with van der Waals surface area (Å²) < 4.78 is 15.1. The Bertz CT molecular complexity index is 890. The Labute approximate surface area is 205 Å². The quantitative estimate of drug-likeness (QED) is 0.249. The first-order chi connectivity index (χ1) is 13.1. The first-order valence-corrected chi connectivity index (χ1v) is 11.8. The van der Waals surface area contributed by atoms with Gasteiger partial charge in [0.15, 0.2) is 0 Å². The van der Waals surface area contributed by atoms with Gasteiger partial charge in [0.25, 0.3) is 0 Å². The second kappa shape index (κ2) is 10.7. The van der Waals surface area contributed by atoms with E-state index in [0.29, 0.717) is 10.2 Å². The Morgan fingerprint density at radius 2 is 1.54 bits per heavy atom. The number of hydrogen-bond acceptors (Lipinski definition) is 4. The van der Waals surface area contributed by atoms with Gasteiger partial charge in [0.05, 0.1) is 4.47 Å². The molecule has 0 aliphatic carbocycles. The van der Waals surface area contributed by atoms with Gasteiger partial charge >= 0.3 is 5.97 Å². The zero-order valence-corrected chi connectivity index (χ0v) is 22.5. The number of carbonyl (C=O) groups is 1. The van der Waals surface area contributed by atoms with Crippen LogP contribution in [0.2, 0.25) is 0 Å². The normalized spacial score (nSPS) is 11.8. The molecule has 0 saturated heterocycles. The fourth-order valence-corrected chi connectivity index (χ4v) is 6.24. The number of aliphatic hydroxyl groups is 1. The van der Waals surface area contributed by atoms with E-state index in [1.807, 2.05) is 24.3 Å². The van der Waals surface area contributed by atoms with Gasteiger partial charge in [-0.2, -0.15) is 0 Å². The van der Waals surface area contributed by atoms with E-state index < -0.39 is 12.1 Å². The summed E-state index contributed by atoms with van der Waals surface area (Å²) in [6, 6.07) is 7.65. The number of rotatable bonds is 7. The average Bonchev–Trinajstić information content (AvgIpc) is 2.57. The molecule has 0 fully saturated rings. The fraction of sp³-hybridized carbons (Fsp3) is 0.211. The molecule has 1 unspecified atom stereocenters. The van der Waals surface area contributed by atoms with Gasteiger partial charge in [0.2, 0.25) is 0 Å². The van der Waals surface area contributed by atoms with Crippen molar-refractivity contribution in [3.05, 3.63) is 58.8 Å². The van der Waals surface area contributed by atoms with Crippen LogP contribution in [-0.4, -0.2) is 30.4 Å². The van der Waals surface area contributed by atoms with Gasteiger partial charge in [0, 0.05) is 34.6 Å². The van der Waals surface area contributed by atoms with Crippen molar-refractivity contribution in [1.29, 1.82) is 0 Å². The van der Waals surface area contributed by atoms with E-state index in [0.717, 1.165) is 29.0 Å². The smallest absolute Gasteiger partial charge is 0.333 e. The minimum absolute atomic E-state index is 0.0531. The van der Waals surface area contributed by atoms with Gasteiger partial charge in [-0.1, -0.05) is 70.3 Å². The second-order valence-corrected chi connectivity index (χ2v) is 10.2. The molecule has 28 heavy (non-hydrogen) atoms. The van der Waals surface area contributed by atoms with E-state index in [9.17, 15) is 9.90 Å². The number of benzene rings is 2. The van der Waals surface area contributed by atoms with E-state index in [-0.39, 0.29) is 18.8 Å². The molecule has 2 rings (SSSR count). The first kappa shape index (κ1) is 24.1. The first-order valence-electron chi connectivity index (χ1n) is 7.87. The highest BCUT2D eigenvalue weighted by atomic mass is 79.9. The molecule has 2 aromatic carbocycles. The number of aliphatic hydroxyl groups excluding tert-OH is 1. The Morgan fingerprint density at radius 3 is 2.11 bits per heavy atom. The van der Waals surface area contributed by atoms with E-state index in [1.165, 1.54) is 0 Å². The van der Waals surface area contributed by atoms with Gasteiger partial charge in [-0.25, -0.2) is 4.79 Å². The Morgan fingerprint density at radius 1 is 1.00 bits per heavy atom. The number of carbonyl (C=O) groups excluding carboxylic acids is 1. The molecule has 0 aromatic heterocycles. The average molecular weight is 707 g/mol. The summed E-state index contributed by atoms with van der Waals surface area (Å²) in [6.07, 6.45) is -0.983. The van der Waals surface area contributed by atoms with Crippen LogP contribution in [0, 0.1) is 0 Å². The van der Waals surface area contributed by atoms with Crippen molar-refractivity contribution in [1.82, 2.24) is 0 Å². The van der Waals surface area contributed by atoms with Gasteiger partial charge in [-0.05, 0) is 47.1 Å². The van der Waals surface area contributed by atoms with Gasteiger partial charge in [-0.15, -0.1) is 0 Å². The summed E-state index contributed by atoms with van der Waals surface area (Å²) >= 11 is 17.7. The zero-order valence-electron chi connectivity index (χ0n) is 14.6.